The van der Waals surface area contributed by atoms with E-state index < -0.39 is 11.7 Å². The number of nitrogens with two attached hydrogens (primary N) is 1. The topological polar surface area (TPSA) is 29.3 Å². The van der Waals surface area contributed by atoms with Gasteiger partial charge < -0.3 is 10.6 Å². The molecule has 0 aliphatic carbocycles. The molecule has 1 aliphatic heterocycles. The fraction of sp³-hybridized carbons (Fsp3) is 0.500. The maximum atomic E-state index is 13.1. The van der Waals surface area contributed by atoms with E-state index in [0.29, 0.717) is 11.6 Å². The van der Waals surface area contributed by atoms with E-state index in [-0.39, 0.29) is 10.6 Å². The third-order valence-electron chi connectivity index (χ3n) is 3.72. The maximum Gasteiger partial charge on any atom is 0.417 e. The zero-order valence-corrected chi connectivity index (χ0v) is 12.0. The first-order valence-electron chi connectivity index (χ1n) is 6.55. The van der Waals surface area contributed by atoms with Crippen molar-refractivity contribution in [3.8, 4) is 0 Å². The molecule has 1 saturated heterocycles. The van der Waals surface area contributed by atoms with Gasteiger partial charge in [0, 0.05) is 24.3 Å². The summed E-state index contributed by atoms with van der Waals surface area (Å²) in [6.07, 6.45) is -2.45. The first-order valence-corrected chi connectivity index (χ1v) is 6.96. The molecule has 0 radical (unpaired) electrons. The molecule has 0 bridgehead atoms. The average Bonchev–Trinajstić information content (AvgIpc) is 2.38. The molecular weight excluding hydrogens is 285 g/mol. The highest BCUT2D eigenvalue weighted by Crippen LogP contribution is 2.35. The molecule has 0 unspecified atom stereocenters. The van der Waals surface area contributed by atoms with Crippen molar-refractivity contribution < 1.29 is 13.2 Å². The van der Waals surface area contributed by atoms with Gasteiger partial charge in [0.05, 0.1) is 5.56 Å². The lowest BCUT2D eigenvalue weighted by molar-refractivity contribution is -0.137. The number of halogens is 3. The van der Waals surface area contributed by atoms with Gasteiger partial charge in [0.15, 0.2) is 0 Å². The minimum Gasteiger partial charge on any atom is -0.389 e. The molecule has 1 aromatic carbocycles. The van der Waals surface area contributed by atoms with Crippen molar-refractivity contribution in [2.24, 2.45) is 11.7 Å². The monoisotopic (exact) mass is 302 g/mol. The fourth-order valence-electron chi connectivity index (χ4n) is 2.45. The van der Waals surface area contributed by atoms with Crippen LogP contribution in [-0.2, 0) is 6.18 Å². The summed E-state index contributed by atoms with van der Waals surface area (Å²) in [4.78, 5) is 1.76. The Labute approximate surface area is 121 Å². The number of thiocarbonyl (C=S) groups is 1. The SMILES string of the molecule is CC1CCN(c2ccc(C(N)=S)c(C(F)(F)F)c2)CC1. The van der Waals surface area contributed by atoms with Gasteiger partial charge in [-0.3, -0.25) is 0 Å². The van der Waals surface area contributed by atoms with Crippen molar-refractivity contribution in [1.29, 1.82) is 0 Å². The molecule has 2 nitrogen and oxygen atoms in total. The Hall–Kier alpha value is -1.30. The van der Waals surface area contributed by atoms with Crippen LogP contribution in [0.3, 0.4) is 0 Å². The van der Waals surface area contributed by atoms with Gasteiger partial charge in [-0.1, -0.05) is 19.1 Å². The maximum absolute atomic E-state index is 13.1. The van der Waals surface area contributed by atoms with E-state index in [2.05, 4.69) is 6.92 Å². The molecule has 1 aliphatic rings. The molecule has 1 fully saturated rings. The number of benzene rings is 1. The number of rotatable bonds is 2. The van der Waals surface area contributed by atoms with E-state index in [1.807, 2.05) is 4.90 Å². The molecule has 2 rings (SSSR count). The van der Waals surface area contributed by atoms with Crippen molar-refractivity contribution >= 4 is 22.9 Å². The molecule has 110 valence electrons. The summed E-state index contributed by atoms with van der Waals surface area (Å²) in [6.45, 7) is 3.73. The van der Waals surface area contributed by atoms with Crippen LogP contribution in [0.25, 0.3) is 0 Å². The molecular formula is C14H17F3N2S. The van der Waals surface area contributed by atoms with Crippen LogP contribution < -0.4 is 10.6 Å². The summed E-state index contributed by atoms with van der Waals surface area (Å²) in [7, 11) is 0. The zero-order valence-electron chi connectivity index (χ0n) is 11.2. The highest BCUT2D eigenvalue weighted by atomic mass is 32.1. The van der Waals surface area contributed by atoms with Crippen LogP contribution in [0.15, 0.2) is 18.2 Å². The van der Waals surface area contributed by atoms with E-state index in [1.165, 1.54) is 6.07 Å². The second-order valence-corrected chi connectivity index (χ2v) is 5.70. The minimum absolute atomic E-state index is 0.110. The third-order valence-corrected chi connectivity index (χ3v) is 3.94. The Kier molecular flexibility index (Phi) is 4.22. The number of anilines is 1. The Morgan fingerprint density at radius 3 is 2.40 bits per heavy atom. The van der Waals surface area contributed by atoms with E-state index in [4.69, 9.17) is 18.0 Å². The predicted octanol–water partition coefficient (Wildman–Crippen LogP) is 3.58. The average molecular weight is 302 g/mol. The van der Waals surface area contributed by atoms with Gasteiger partial charge in [-0.2, -0.15) is 13.2 Å². The lowest BCUT2D eigenvalue weighted by atomic mass is 9.98. The quantitative estimate of drug-likeness (QED) is 0.847. The Balaban J connectivity index is 2.35. The highest BCUT2D eigenvalue weighted by molar-refractivity contribution is 7.80. The first-order chi connectivity index (χ1) is 9.29. The standard InChI is InChI=1S/C14H17F3N2S/c1-9-4-6-19(7-5-9)10-2-3-11(13(18)20)12(8-10)14(15,16)17/h2-3,8-9H,4-7H2,1H3,(H2,18,20). The smallest absolute Gasteiger partial charge is 0.389 e. The van der Waals surface area contributed by atoms with Crippen LogP contribution in [0.2, 0.25) is 0 Å². The third kappa shape index (κ3) is 3.23. The van der Waals surface area contributed by atoms with Gasteiger partial charge in [0.1, 0.15) is 4.99 Å². The highest BCUT2D eigenvalue weighted by Gasteiger charge is 2.34. The summed E-state index contributed by atoms with van der Waals surface area (Å²) >= 11 is 4.70. The first kappa shape index (κ1) is 15.1. The molecule has 0 aromatic heterocycles. The van der Waals surface area contributed by atoms with Crippen molar-refractivity contribution in [3.05, 3.63) is 29.3 Å². The summed E-state index contributed by atoms with van der Waals surface area (Å²) in [5, 5.41) is 0. The van der Waals surface area contributed by atoms with Gasteiger partial charge in [-0.05, 0) is 37.0 Å². The van der Waals surface area contributed by atoms with E-state index >= 15 is 0 Å². The van der Waals surface area contributed by atoms with Crippen molar-refractivity contribution in [2.75, 3.05) is 18.0 Å². The molecule has 6 heteroatoms. The summed E-state index contributed by atoms with van der Waals surface area (Å²) in [5.74, 6) is 0.629. The van der Waals surface area contributed by atoms with Gasteiger partial charge in [0.25, 0.3) is 0 Å². The Morgan fingerprint density at radius 1 is 1.30 bits per heavy atom. The van der Waals surface area contributed by atoms with Gasteiger partial charge in [-0.25, -0.2) is 0 Å². The molecule has 0 amide bonds. The molecule has 1 heterocycles. The van der Waals surface area contributed by atoms with Crippen molar-refractivity contribution in [2.45, 2.75) is 25.9 Å². The van der Waals surface area contributed by atoms with Crippen LogP contribution in [0, 0.1) is 5.92 Å². The number of piperidine rings is 1. The second kappa shape index (κ2) is 5.60. The van der Waals surface area contributed by atoms with Crippen molar-refractivity contribution in [3.63, 3.8) is 0 Å². The summed E-state index contributed by atoms with van der Waals surface area (Å²) in [5.41, 5.74) is 5.10. The van der Waals surface area contributed by atoms with Crippen LogP contribution in [0.5, 0.6) is 0 Å². The van der Waals surface area contributed by atoms with Gasteiger partial charge >= 0.3 is 6.18 Å². The molecule has 1 aromatic rings. The molecule has 0 atom stereocenters. The predicted molar refractivity (Wildman–Crippen MR) is 77.9 cm³/mol. The number of alkyl halides is 3. The molecule has 20 heavy (non-hydrogen) atoms. The van der Waals surface area contributed by atoms with Crippen LogP contribution in [0.4, 0.5) is 18.9 Å². The minimum atomic E-state index is -4.45. The summed E-state index contributed by atoms with van der Waals surface area (Å²) < 4.78 is 39.3. The number of nitrogens with zero attached hydrogens (tertiary/aromatic N) is 1. The molecule has 0 spiro atoms. The summed E-state index contributed by atoms with van der Waals surface area (Å²) in [6, 6.07) is 4.20. The lowest BCUT2D eigenvalue weighted by Crippen LogP contribution is -2.33. The fourth-order valence-corrected chi connectivity index (χ4v) is 2.62. The Bertz CT molecular complexity index is 506. The molecule has 0 saturated carbocycles. The zero-order chi connectivity index (χ0) is 14.9. The van der Waals surface area contributed by atoms with Crippen LogP contribution >= 0.6 is 12.2 Å². The number of hydrogen-bond donors (Lipinski definition) is 1. The van der Waals surface area contributed by atoms with Crippen molar-refractivity contribution in [1.82, 2.24) is 0 Å². The van der Waals surface area contributed by atoms with E-state index in [0.717, 1.165) is 32.0 Å². The van der Waals surface area contributed by atoms with Crippen LogP contribution in [-0.4, -0.2) is 18.1 Å². The molecule has 2 N–H and O–H groups in total. The number of hydrogen-bond acceptors (Lipinski definition) is 2. The van der Waals surface area contributed by atoms with Crippen LogP contribution in [0.1, 0.15) is 30.9 Å². The van der Waals surface area contributed by atoms with Gasteiger partial charge in [0.2, 0.25) is 0 Å². The van der Waals surface area contributed by atoms with E-state index in [1.54, 1.807) is 6.07 Å². The lowest BCUT2D eigenvalue weighted by Gasteiger charge is -2.32. The second-order valence-electron chi connectivity index (χ2n) is 5.26. The largest absolute Gasteiger partial charge is 0.417 e. The normalized spacial score (nSPS) is 17.3. The van der Waals surface area contributed by atoms with Gasteiger partial charge in [-0.15, -0.1) is 0 Å². The Morgan fingerprint density at radius 2 is 1.90 bits per heavy atom. The van der Waals surface area contributed by atoms with E-state index in [9.17, 15) is 13.2 Å².